The van der Waals surface area contributed by atoms with Crippen molar-refractivity contribution < 1.29 is 44.0 Å². The molecule has 304 valence electrons. The zero-order chi connectivity index (χ0) is 41.8. The first-order valence-electron chi connectivity index (χ1n) is 18.5. The Bertz CT molecular complexity index is 1940. The number of hydrogen-bond acceptors (Lipinski definition) is 10. The molecule has 14 heteroatoms. The maximum Gasteiger partial charge on any atom is 0.408 e. The molecule has 0 saturated heterocycles. The standard InChI is InChI=1S/C33H41N3O7.C10H12N2O2/c1-33(2,3)29(36-32(41)43-21-24-13-9-6-10-14-24)30(38)35-26(19-22-11-7-5-8-12-22)28(37)27(31(39)40)34-20-23-15-17-25(42-4)18-16-23;11-9(14)10(12)7-4-2-1-3-6(7)5-8(10)13/h5-18,26-29,34,37H,19-21H2,1-4H3,(H,35,38)(H,36,41)(H,39,40);1-4,8,13H,5,12H2,(H2,11,14)/t26-,27+,28-,29+;8?,10-/m00/s1. The molecule has 10 N–H and O–H groups in total. The van der Waals surface area contributed by atoms with E-state index in [0.29, 0.717) is 17.7 Å². The molecule has 0 radical (unpaired) electrons. The van der Waals surface area contributed by atoms with E-state index in [9.17, 15) is 34.5 Å². The van der Waals surface area contributed by atoms with E-state index in [4.69, 9.17) is 20.9 Å². The van der Waals surface area contributed by atoms with Crippen molar-refractivity contribution in [3.63, 3.8) is 0 Å². The number of carbonyl (C=O) groups is 4. The minimum absolute atomic E-state index is 0.0284. The number of amides is 3. The number of carboxylic acids is 1. The molecule has 3 amide bonds. The first-order valence-corrected chi connectivity index (χ1v) is 18.5. The van der Waals surface area contributed by atoms with Crippen LogP contribution in [0.15, 0.2) is 109 Å². The number of aliphatic hydroxyl groups is 2. The zero-order valence-electron chi connectivity index (χ0n) is 32.6. The fourth-order valence-electron chi connectivity index (χ4n) is 6.45. The van der Waals surface area contributed by atoms with E-state index in [2.05, 4.69) is 16.0 Å². The Balaban J connectivity index is 0.000000428. The lowest BCUT2D eigenvalue weighted by Crippen LogP contribution is -2.61. The average molecular weight is 784 g/mol. The van der Waals surface area contributed by atoms with Crippen molar-refractivity contribution in [1.29, 1.82) is 0 Å². The molecular formula is C43H53N5O9. The van der Waals surface area contributed by atoms with Gasteiger partial charge in [0.2, 0.25) is 11.8 Å². The van der Waals surface area contributed by atoms with Crippen molar-refractivity contribution in [3.05, 3.63) is 137 Å². The van der Waals surface area contributed by atoms with E-state index < -0.39 is 65.2 Å². The molecule has 0 bridgehead atoms. The summed E-state index contributed by atoms with van der Waals surface area (Å²) in [7, 11) is 1.55. The van der Waals surface area contributed by atoms with Gasteiger partial charge in [-0.15, -0.1) is 0 Å². The number of primary amides is 1. The monoisotopic (exact) mass is 783 g/mol. The second-order valence-electron chi connectivity index (χ2n) is 15.0. The molecule has 0 aromatic heterocycles. The fraction of sp³-hybridized carbons (Fsp3) is 0.349. The number of aliphatic hydroxyl groups excluding tert-OH is 2. The number of carbonyl (C=O) groups excluding carboxylic acids is 3. The topological polar surface area (TPSA) is 236 Å². The van der Waals surface area contributed by atoms with E-state index in [-0.39, 0.29) is 19.6 Å². The predicted octanol–water partition coefficient (Wildman–Crippen LogP) is 2.91. The Morgan fingerprint density at radius 3 is 1.98 bits per heavy atom. The molecule has 0 heterocycles. The first-order chi connectivity index (χ1) is 27.0. The number of hydrogen-bond donors (Lipinski definition) is 8. The largest absolute Gasteiger partial charge is 0.497 e. The minimum Gasteiger partial charge on any atom is -0.497 e. The number of benzene rings is 4. The highest BCUT2D eigenvalue weighted by Crippen LogP contribution is 2.34. The molecule has 0 aliphatic heterocycles. The summed E-state index contributed by atoms with van der Waals surface area (Å²) in [5.41, 5.74) is 12.8. The lowest BCUT2D eigenvalue weighted by molar-refractivity contribution is -0.144. The van der Waals surface area contributed by atoms with Crippen molar-refractivity contribution in [2.45, 2.75) is 82.6 Å². The smallest absolute Gasteiger partial charge is 0.408 e. The van der Waals surface area contributed by atoms with Crippen LogP contribution < -0.4 is 32.2 Å². The summed E-state index contributed by atoms with van der Waals surface area (Å²) in [5.74, 6) is -1.88. The molecule has 57 heavy (non-hydrogen) atoms. The third kappa shape index (κ3) is 11.9. The molecule has 0 saturated carbocycles. The first kappa shape index (κ1) is 43.9. The van der Waals surface area contributed by atoms with Crippen molar-refractivity contribution in [3.8, 4) is 5.75 Å². The highest BCUT2D eigenvalue weighted by molar-refractivity contribution is 5.88. The van der Waals surface area contributed by atoms with Crippen LogP contribution in [0.5, 0.6) is 5.75 Å². The van der Waals surface area contributed by atoms with Gasteiger partial charge in [0.1, 0.15) is 36.1 Å². The Hall–Kier alpha value is -5.80. The number of aliphatic carboxylic acids is 1. The van der Waals surface area contributed by atoms with Crippen LogP contribution in [0.3, 0.4) is 0 Å². The van der Waals surface area contributed by atoms with Gasteiger partial charge in [0.15, 0.2) is 0 Å². The third-order valence-electron chi connectivity index (χ3n) is 9.74. The Labute approximate surface area is 332 Å². The maximum atomic E-state index is 13.7. The van der Waals surface area contributed by atoms with Gasteiger partial charge < -0.3 is 46.9 Å². The van der Waals surface area contributed by atoms with Crippen molar-refractivity contribution in [2.24, 2.45) is 16.9 Å². The number of ether oxygens (including phenoxy) is 2. The molecule has 1 aliphatic rings. The van der Waals surface area contributed by atoms with Crippen molar-refractivity contribution in [2.75, 3.05) is 7.11 Å². The highest BCUT2D eigenvalue weighted by atomic mass is 16.5. The number of methoxy groups -OCH3 is 1. The van der Waals surface area contributed by atoms with Gasteiger partial charge >= 0.3 is 12.1 Å². The van der Waals surface area contributed by atoms with Crippen LogP contribution in [-0.2, 0) is 50.7 Å². The highest BCUT2D eigenvalue weighted by Gasteiger charge is 2.47. The minimum atomic E-state index is -1.52. The number of fused-ring (bicyclic) bond motifs is 1. The van der Waals surface area contributed by atoms with E-state index >= 15 is 0 Å². The Morgan fingerprint density at radius 1 is 0.842 bits per heavy atom. The fourth-order valence-corrected chi connectivity index (χ4v) is 6.45. The average Bonchev–Trinajstić information content (AvgIpc) is 3.46. The number of nitrogens with two attached hydrogens (primary N) is 2. The number of carboxylic acid groups (broad SMARTS) is 1. The molecule has 6 atom stereocenters. The van der Waals surface area contributed by atoms with Gasteiger partial charge in [-0.2, -0.15) is 0 Å². The van der Waals surface area contributed by atoms with Crippen LogP contribution in [0.4, 0.5) is 4.79 Å². The Kier molecular flexibility index (Phi) is 15.3. The third-order valence-corrected chi connectivity index (χ3v) is 9.74. The van der Waals surface area contributed by atoms with Gasteiger partial charge in [-0.25, -0.2) is 4.79 Å². The molecular weight excluding hydrogens is 730 g/mol. The Morgan fingerprint density at radius 2 is 1.42 bits per heavy atom. The molecule has 14 nitrogen and oxygen atoms in total. The molecule has 0 fully saturated rings. The van der Waals surface area contributed by atoms with Crippen LogP contribution in [0, 0.1) is 5.41 Å². The lowest BCUT2D eigenvalue weighted by Gasteiger charge is -2.34. The van der Waals surface area contributed by atoms with Crippen molar-refractivity contribution >= 4 is 23.9 Å². The zero-order valence-corrected chi connectivity index (χ0v) is 32.6. The summed E-state index contributed by atoms with van der Waals surface area (Å²) in [4.78, 5) is 49.9. The van der Waals surface area contributed by atoms with Gasteiger partial charge in [0, 0.05) is 13.0 Å². The number of nitrogens with one attached hydrogen (secondary N) is 3. The normalized spacial score (nSPS) is 18.0. The maximum absolute atomic E-state index is 13.7. The van der Waals surface area contributed by atoms with Crippen LogP contribution in [0.1, 0.15) is 48.6 Å². The predicted molar refractivity (Wildman–Crippen MR) is 214 cm³/mol. The van der Waals surface area contributed by atoms with Gasteiger partial charge in [0.05, 0.1) is 19.3 Å². The summed E-state index contributed by atoms with van der Waals surface area (Å²) in [6.07, 6.45) is -2.68. The summed E-state index contributed by atoms with van der Waals surface area (Å²) < 4.78 is 10.5. The molecule has 1 unspecified atom stereocenters. The summed E-state index contributed by atoms with van der Waals surface area (Å²) in [6, 6.07) is 29.1. The number of rotatable bonds is 15. The summed E-state index contributed by atoms with van der Waals surface area (Å²) in [5, 5.41) is 39.5. The van der Waals surface area contributed by atoms with Gasteiger partial charge in [-0.05, 0) is 51.8 Å². The molecule has 4 aromatic rings. The SMILES string of the molecule is COc1ccc(CN[C@@H](C(=O)O)[C@@H](O)[C@H](Cc2ccccc2)NC(=O)[C@@H](NC(=O)OCc2ccccc2)C(C)(C)C)cc1.NC(=O)[C@]1(N)c2ccccc2CC1O. The second kappa shape index (κ2) is 19.9. The van der Waals surface area contributed by atoms with E-state index in [0.717, 1.165) is 22.3 Å². The molecule has 1 aliphatic carbocycles. The van der Waals surface area contributed by atoms with E-state index in [1.807, 2.05) is 72.8 Å². The summed E-state index contributed by atoms with van der Waals surface area (Å²) >= 11 is 0. The van der Waals surface area contributed by atoms with Crippen LogP contribution in [0.2, 0.25) is 0 Å². The van der Waals surface area contributed by atoms with E-state index in [1.165, 1.54) is 0 Å². The van der Waals surface area contributed by atoms with Gasteiger partial charge in [-0.1, -0.05) is 118 Å². The molecule has 4 aromatic carbocycles. The second-order valence-corrected chi connectivity index (χ2v) is 15.0. The van der Waals surface area contributed by atoms with Crippen LogP contribution in [0.25, 0.3) is 0 Å². The van der Waals surface area contributed by atoms with Gasteiger partial charge in [-0.3, -0.25) is 19.7 Å². The molecule has 5 rings (SSSR count). The lowest BCUT2D eigenvalue weighted by atomic mass is 9.85. The number of alkyl carbamates (subject to hydrolysis) is 1. The molecule has 0 spiro atoms. The quantitative estimate of drug-likeness (QED) is 0.0873. The summed E-state index contributed by atoms with van der Waals surface area (Å²) in [6.45, 7) is 5.54. The van der Waals surface area contributed by atoms with Gasteiger partial charge in [0.25, 0.3) is 0 Å². The van der Waals surface area contributed by atoms with Crippen molar-refractivity contribution in [1.82, 2.24) is 16.0 Å². The van der Waals surface area contributed by atoms with Crippen LogP contribution >= 0.6 is 0 Å². The van der Waals surface area contributed by atoms with E-state index in [1.54, 1.807) is 64.3 Å². The van der Waals surface area contributed by atoms with Crippen LogP contribution in [-0.4, -0.2) is 76.6 Å².